The molecule has 0 aromatic heterocycles. The Labute approximate surface area is 152 Å². The van der Waals surface area contributed by atoms with E-state index in [-0.39, 0.29) is 13.2 Å². The highest BCUT2D eigenvalue weighted by Crippen LogP contribution is 2.29. The second kappa shape index (κ2) is 9.39. The lowest BCUT2D eigenvalue weighted by Gasteiger charge is -2.33. The van der Waals surface area contributed by atoms with Gasteiger partial charge >= 0.3 is 5.97 Å². The van der Waals surface area contributed by atoms with Gasteiger partial charge in [-0.2, -0.15) is 0 Å². The minimum Gasteiger partial charge on any atom is -0.460 e. The summed E-state index contributed by atoms with van der Waals surface area (Å²) in [7, 11) is 0. The minimum absolute atomic E-state index is 0.0245. The Balaban J connectivity index is 2.16. The number of hydrogen-bond donors (Lipinski definition) is 2. The lowest BCUT2D eigenvalue weighted by Crippen LogP contribution is -2.36. The molecule has 0 saturated heterocycles. The van der Waals surface area contributed by atoms with E-state index >= 15 is 0 Å². The van der Waals surface area contributed by atoms with Crippen molar-refractivity contribution in [3.63, 3.8) is 0 Å². The Morgan fingerprint density at radius 3 is 2.71 bits per heavy atom. The third-order valence-corrected chi connectivity index (χ3v) is 5.27. The highest BCUT2D eigenvalue weighted by molar-refractivity contribution is 9.10. The van der Waals surface area contributed by atoms with E-state index in [4.69, 9.17) is 15.6 Å². The number of anilines is 1. The molecule has 5 nitrogen and oxygen atoms in total. The van der Waals surface area contributed by atoms with Crippen LogP contribution in [0.4, 0.5) is 5.69 Å². The largest absolute Gasteiger partial charge is 0.460 e. The van der Waals surface area contributed by atoms with E-state index in [0.717, 1.165) is 18.7 Å². The summed E-state index contributed by atoms with van der Waals surface area (Å²) in [6.07, 6.45) is 6.42. The van der Waals surface area contributed by atoms with Crippen LogP contribution in [0.15, 0.2) is 16.6 Å². The Kier molecular flexibility index (Phi) is 7.52. The molecule has 1 fully saturated rings. The monoisotopic (exact) mass is 398 g/mol. The van der Waals surface area contributed by atoms with Crippen LogP contribution in [0.1, 0.15) is 54.9 Å². The van der Waals surface area contributed by atoms with Gasteiger partial charge in [0.15, 0.2) is 0 Å². The third-order valence-electron chi connectivity index (χ3n) is 4.62. The van der Waals surface area contributed by atoms with Crippen molar-refractivity contribution in [3.05, 3.63) is 27.7 Å². The van der Waals surface area contributed by atoms with Crippen molar-refractivity contribution in [2.45, 2.75) is 51.6 Å². The van der Waals surface area contributed by atoms with E-state index in [9.17, 15) is 4.79 Å². The SMILES string of the molecule is CCN(Cc1cc(Br)c(N)c(C(=O)OCCO)c1)C1CCCCC1. The first-order chi connectivity index (χ1) is 11.6. The number of aliphatic hydroxyl groups excluding tert-OH is 1. The lowest BCUT2D eigenvalue weighted by atomic mass is 9.93. The van der Waals surface area contributed by atoms with Crippen LogP contribution in [0.5, 0.6) is 0 Å². The zero-order valence-electron chi connectivity index (χ0n) is 14.3. The summed E-state index contributed by atoms with van der Waals surface area (Å²) in [6, 6.07) is 4.40. The number of nitrogen functional groups attached to an aromatic ring is 1. The number of ether oxygens (including phenoxy) is 1. The molecule has 2 rings (SSSR count). The molecule has 1 aliphatic rings. The van der Waals surface area contributed by atoms with Crippen molar-refractivity contribution in [3.8, 4) is 0 Å². The van der Waals surface area contributed by atoms with Crippen LogP contribution in [-0.4, -0.2) is 41.8 Å². The maximum absolute atomic E-state index is 12.1. The van der Waals surface area contributed by atoms with Crippen LogP contribution in [0.25, 0.3) is 0 Å². The van der Waals surface area contributed by atoms with Crippen LogP contribution in [0.3, 0.4) is 0 Å². The fourth-order valence-corrected chi connectivity index (χ4v) is 3.84. The lowest BCUT2D eigenvalue weighted by molar-refractivity contribution is 0.0434. The fraction of sp³-hybridized carbons (Fsp3) is 0.611. The molecule has 1 aromatic rings. The molecule has 1 saturated carbocycles. The van der Waals surface area contributed by atoms with Crippen molar-refractivity contribution in [1.82, 2.24) is 4.90 Å². The first-order valence-electron chi connectivity index (χ1n) is 8.66. The average molecular weight is 399 g/mol. The van der Waals surface area contributed by atoms with Crippen molar-refractivity contribution in [2.24, 2.45) is 0 Å². The maximum Gasteiger partial charge on any atom is 0.340 e. The number of nitrogens with zero attached hydrogens (tertiary/aromatic N) is 1. The first kappa shape index (κ1) is 19.2. The summed E-state index contributed by atoms with van der Waals surface area (Å²) in [5, 5.41) is 8.81. The summed E-state index contributed by atoms with van der Waals surface area (Å²) in [4.78, 5) is 14.6. The van der Waals surface area contributed by atoms with Gasteiger partial charge in [-0.15, -0.1) is 0 Å². The Morgan fingerprint density at radius 1 is 1.38 bits per heavy atom. The number of halogens is 1. The van der Waals surface area contributed by atoms with Crippen molar-refractivity contribution < 1.29 is 14.6 Å². The van der Waals surface area contributed by atoms with Gasteiger partial charge in [0, 0.05) is 17.1 Å². The van der Waals surface area contributed by atoms with Crippen LogP contribution in [0, 0.1) is 0 Å². The average Bonchev–Trinajstić information content (AvgIpc) is 2.61. The van der Waals surface area contributed by atoms with Gasteiger partial charge in [-0.25, -0.2) is 4.79 Å². The van der Waals surface area contributed by atoms with E-state index in [1.165, 1.54) is 32.1 Å². The van der Waals surface area contributed by atoms with Crippen molar-refractivity contribution >= 4 is 27.6 Å². The van der Waals surface area contributed by atoms with Crippen LogP contribution in [0.2, 0.25) is 0 Å². The number of carbonyl (C=O) groups is 1. The van der Waals surface area contributed by atoms with Gasteiger partial charge in [0.1, 0.15) is 6.61 Å². The molecule has 3 N–H and O–H groups in total. The highest BCUT2D eigenvalue weighted by Gasteiger charge is 2.21. The zero-order valence-corrected chi connectivity index (χ0v) is 15.8. The van der Waals surface area contributed by atoms with Gasteiger partial charge in [-0.1, -0.05) is 26.2 Å². The molecule has 0 bridgehead atoms. The number of aliphatic hydroxyl groups is 1. The molecule has 0 heterocycles. The van der Waals surface area contributed by atoms with Crippen LogP contribution in [-0.2, 0) is 11.3 Å². The van der Waals surface area contributed by atoms with Gasteiger partial charge in [0.05, 0.1) is 17.9 Å². The van der Waals surface area contributed by atoms with E-state index < -0.39 is 5.97 Å². The van der Waals surface area contributed by atoms with Gasteiger partial charge in [-0.05, 0) is 53.0 Å². The number of hydrogen-bond acceptors (Lipinski definition) is 5. The fourth-order valence-electron chi connectivity index (χ4n) is 3.33. The van der Waals surface area contributed by atoms with Crippen LogP contribution >= 0.6 is 15.9 Å². The molecule has 0 amide bonds. The van der Waals surface area contributed by atoms with Crippen molar-refractivity contribution in [1.29, 1.82) is 0 Å². The van der Waals surface area contributed by atoms with Gasteiger partial charge < -0.3 is 15.6 Å². The normalized spacial score (nSPS) is 15.7. The molecule has 6 heteroatoms. The standard InChI is InChI=1S/C18H27BrN2O3/c1-2-21(14-6-4-3-5-7-14)12-13-10-15(17(20)16(19)11-13)18(23)24-9-8-22/h10-11,14,22H,2-9,12,20H2,1H3. The molecule has 0 aliphatic heterocycles. The van der Waals surface area contributed by atoms with Gasteiger partial charge in [0.2, 0.25) is 0 Å². The van der Waals surface area contributed by atoms with Crippen LogP contribution < -0.4 is 5.73 Å². The topological polar surface area (TPSA) is 75.8 Å². The number of rotatable bonds is 7. The van der Waals surface area contributed by atoms with E-state index in [1.54, 1.807) is 0 Å². The molecule has 0 radical (unpaired) electrons. The molecule has 0 unspecified atom stereocenters. The Hall–Kier alpha value is -1.11. The second-order valence-corrected chi connectivity index (χ2v) is 7.11. The summed E-state index contributed by atoms with van der Waals surface area (Å²) in [6.45, 7) is 3.73. The first-order valence-corrected chi connectivity index (χ1v) is 9.46. The summed E-state index contributed by atoms with van der Waals surface area (Å²) in [5.74, 6) is -0.496. The molecule has 0 atom stereocenters. The smallest absolute Gasteiger partial charge is 0.340 e. The predicted molar refractivity (Wildman–Crippen MR) is 98.9 cm³/mol. The molecule has 24 heavy (non-hydrogen) atoms. The number of benzene rings is 1. The van der Waals surface area contributed by atoms with Gasteiger partial charge in [0.25, 0.3) is 0 Å². The number of nitrogens with two attached hydrogens (primary N) is 1. The minimum atomic E-state index is -0.496. The second-order valence-electron chi connectivity index (χ2n) is 6.25. The van der Waals surface area contributed by atoms with Gasteiger partial charge in [-0.3, -0.25) is 4.90 Å². The quantitative estimate of drug-likeness (QED) is 0.543. The number of carbonyl (C=O) groups excluding carboxylic acids is 1. The molecule has 0 spiro atoms. The van der Waals surface area contributed by atoms with Crippen molar-refractivity contribution in [2.75, 3.05) is 25.5 Å². The molecular formula is C18H27BrN2O3. The molecular weight excluding hydrogens is 372 g/mol. The summed E-state index contributed by atoms with van der Waals surface area (Å²) >= 11 is 3.44. The predicted octanol–water partition coefficient (Wildman–Crippen LogP) is 3.34. The number of esters is 1. The molecule has 134 valence electrons. The molecule has 1 aromatic carbocycles. The Morgan fingerprint density at radius 2 is 2.08 bits per heavy atom. The van der Waals surface area contributed by atoms with E-state index in [2.05, 4.69) is 27.8 Å². The summed E-state index contributed by atoms with van der Waals surface area (Å²) in [5.41, 5.74) is 7.78. The zero-order chi connectivity index (χ0) is 17.5. The molecule has 1 aliphatic carbocycles. The van der Waals surface area contributed by atoms with E-state index in [1.807, 2.05) is 12.1 Å². The highest BCUT2D eigenvalue weighted by atomic mass is 79.9. The third kappa shape index (κ3) is 4.94. The van der Waals surface area contributed by atoms with E-state index in [0.29, 0.717) is 21.8 Å². The Bertz CT molecular complexity index is 559. The summed E-state index contributed by atoms with van der Waals surface area (Å²) < 4.78 is 5.72. The maximum atomic E-state index is 12.1.